The third-order valence-corrected chi connectivity index (χ3v) is 0.236. The molecule has 0 aromatic heterocycles. The molecule has 0 aliphatic carbocycles. The monoisotopic (exact) mass is 161 g/mol. The van der Waals surface area contributed by atoms with E-state index in [0.717, 1.165) is 0 Å². The van der Waals surface area contributed by atoms with Crippen LogP contribution in [0.5, 0.6) is 0 Å². The largest absolute Gasteiger partial charge is 2.00 e. The average molecular weight is 162 g/mol. The third kappa shape index (κ3) is 13.6. The maximum Gasteiger partial charge on any atom is 2.00 e. The Hall–Kier alpha value is 0.272. The van der Waals surface area contributed by atoms with E-state index in [0.29, 0.717) is 0 Å². The predicted octanol–water partition coefficient (Wildman–Crippen LogP) is 1.39. The molecule has 0 aliphatic rings. The second kappa shape index (κ2) is 8.86. The molecule has 0 heterocycles. The summed E-state index contributed by atoms with van der Waals surface area (Å²) in [5.74, 6) is 0. The molecule has 0 rings (SSSR count). The Morgan fingerprint density at radius 1 is 1.60 bits per heavy atom. The number of allylic oxidation sites excluding steroid dienone is 2. The molecule has 0 saturated heterocycles. The van der Waals surface area contributed by atoms with Crippen LogP contribution in [-0.2, 0) is 20.4 Å². The van der Waals surface area contributed by atoms with Gasteiger partial charge < -0.3 is 0 Å². The summed E-state index contributed by atoms with van der Waals surface area (Å²) >= 11 is 0. The molecule has 0 amide bonds. The second-order valence-corrected chi connectivity index (χ2v) is 0.569. The number of hydrogen-bond donors (Lipinski definition) is 0. The Bertz CT molecular complexity index is 18.8. The summed E-state index contributed by atoms with van der Waals surface area (Å²) < 4.78 is 0. The maximum absolute atomic E-state index is 3.42. The van der Waals surface area contributed by atoms with Crippen molar-refractivity contribution in [1.82, 2.24) is 0 Å². The van der Waals surface area contributed by atoms with Crippen LogP contribution >= 0.6 is 0 Å². The SMILES string of the molecule is [CH2-]/C=C/C.[Pd+2]. The summed E-state index contributed by atoms with van der Waals surface area (Å²) in [5, 5.41) is 0. The molecule has 0 bridgehead atoms. The van der Waals surface area contributed by atoms with Crippen LogP contribution < -0.4 is 0 Å². The third-order valence-electron chi connectivity index (χ3n) is 0.236. The van der Waals surface area contributed by atoms with Gasteiger partial charge in [-0.2, -0.15) is 0 Å². The smallest absolute Gasteiger partial charge is 0.245 e. The maximum atomic E-state index is 3.42. The number of hydrogen-bond acceptors (Lipinski definition) is 0. The van der Waals surface area contributed by atoms with E-state index in [1.54, 1.807) is 6.08 Å². The molecule has 5 heavy (non-hydrogen) atoms. The zero-order valence-electron chi connectivity index (χ0n) is 3.18. The predicted molar refractivity (Wildman–Crippen MR) is 20.2 cm³/mol. The van der Waals surface area contributed by atoms with Crippen LogP contribution in [-0.4, -0.2) is 0 Å². The molecule has 0 aromatic carbocycles. The van der Waals surface area contributed by atoms with Gasteiger partial charge in [-0.3, -0.25) is 0 Å². The van der Waals surface area contributed by atoms with Crippen molar-refractivity contribution < 1.29 is 20.4 Å². The van der Waals surface area contributed by atoms with Gasteiger partial charge in [0.25, 0.3) is 0 Å². The van der Waals surface area contributed by atoms with E-state index in [2.05, 4.69) is 6.92 Å². The van der Waals surface area contributed by atoms with Crippen molar-refractivity contribution >= 4 is 0 Å². The van der Waals surface area contributed by atoms with Crippen molar-refractivity contribution in [3.05, 3.63) is 19.1 Å². The fourth-order valence-electron chi connectivity index (χ4n) is 0. The minimum absolute atomic E-state index is 0. The molecule has 0 aliphatic heterocycles. The van der Waals surface area contributed by atoms with E-state index in [4.69, 9.17) is 0 Å². The molecule has 0 unspecified atom stereocenters. The van der Waals surface area contributed by atoms with Gasteiger partial charge in [-0.05, 0) is 0 Å². The second-order valence-electron chi connectivity index (χ2n) is 0.569. The van der Waals surface area contributed by atoms with Crippen LogP contribution in [0.2, 0.25) is 0 Å². The molecular weight excluding hydrogens is 154 g/mol. The summed E-state index contributed by atoms with van der Waals surface area (Å²) in [6.07, 6.45) is 3.64. The fourth-order valence-corrected chi connectivity index (χ4v) is 0. The van der Waals surface area contributed by atoms with Crippen LogP contribution in [0.25, 0.3) is 0 Å². The number of rotatable bonds is 0. The van der Waals surface area contributed by atoms with Crippen molar-refractivity contribution in [2.45, 2.75) is 6.92 Å². The van der Waals surface area contributed by atoms with Crippen molar-refractivity contribution in [3.63, 3.8) is 0 Å². The van der Waals surface area contributed by atoms with E-state index in [9.17, 15) is 0 Å². The minimum atomic E-state index is 0. The standard InChI is InChI=1S/C4H7.Pd/c1-3-4-2;/h3-4H,1H2,2H3;/q-1;+2/b4-3+;. The zero-order chi connectivity index (χ0) is 3.41. The molecule has 0 spiro atoms. The van der Waals surface area contributed by atoms with E-state index in [-0.39, 0.29) is 20.4 Å². The molecule has 0 aromatic rings. The van der Waals surface area contributed by atoms with Crippen molar-refractivity contribution in [1.29, 1.82) is 0 Å². The first-order chi connectivity index (χ1) is 1.91. The first-order valence-corrected chi connectivity index (χ1v) is 1.32. The topological polar surface area (TPSA) is 0 Å². The molecule has 0 radical (unpaired) electrons. The van der Waals surface area contributed by atoms with Gasteiger partial charge in [0.05, 0.1) is 0 Å². The molecule has 0 nitrogen and oxygen atoms in total. The molecule has 1 heteroatoms. The first-order valence-electron chi connectivity index (χ1n) is 1.32. The quantitative estimate of drug-likeness (QED) is 0.372. The van der Waals surface area contributed by atoms with E-state index in [1.165, 1.54) is 0 Å². The fraction of sp³-hybridized carbons (Fsp3) is 0.250. The van der Waals surface area contributed by atoms with Gasteiger partial charge in [0.15, 0.2) is 0 Å². The van der Waals surface area contributed by atoms with Crippen LogP contribution in [0.4, 0.5) is 0 Å². The molecule has 0 fully saturated rings. The van der Waals surface area contributed by atoms with E-state index < -0.39 is 0 Å². The van der Waals surface area contributed by atoms with Crippen LogP contribution in [0.1, 0.15) is 6.92 Å². The van der Waals surface area contributed by atoms with E-state index in [1.807, 2.05) is 13.0 Å². The van der Waals surface area contributed by atoms with Gasteiger partial charge in [0, 0.05) is 0 Å². The Balaban J connectivity index is 0. The Morgan fingerprint density at radius 3 is 1.80 bits per heavy atom. The van der Waals surface area contributed by atoms with Gasteiger partial charge in [-0.15, -0.1) is 6.92 Å². The van der Waals surface area contributed by atoms with Crippen LogP contribution in [0.15, 0.2) is 12.2 Å². The molecule has 0 N–H and O–H groups in total. The molecule has 0 saturated carbocycles. The van der Waals surface area contributed by atoms with Gasteiger partial charge in [-0.1, -0.05) is 0 Å². The summed E-state index contributed by atoms with van der Waals surface area (Å²) in [7, 11) is 0. The van der Waals surface area contributed by atoms with Gasteiger partial charge in [0.1, 0.15) is 0 Å². The normalized spacial score (nSPS) is 7.40. The molecule has 0 atom stereocenters. The Labute approximate surface area is 46.9 Å². The average Bonchev–Trinajstić information content (AvgIpc) is 1.37. The van der Waals surface area contributed by atoms with Crippen LogP contribution in [0, 0.1) is 6.92 Å². The van der Waals surface area contributed by atoms with Crippen LogP contribution in [0.3, 0.4) is 0 Å². The summed E-state index contributed by atoms with van der Waals surface area (Å²) in [4.78, 5) is 0. The van der Waals surface area contributed by atoms with Gasteiger partial charge >= 0.3 is 20.4 Å². The van der Waals surface area contributed by atoms with E-state index >= 15 is 0 Å². The van der Waals surface area contributed by atoms with Crippen molar-refractivity contribution in [2.24, 2.45) is 0 Å². The van der Waals surface area contributed by atoms with Gasteiger partial charge in [0.2, 0.25) is 0 Å². The summed E-state index contributed by atoms with van der Waals surface area (Å²) in [6.45, 7) is 5.36. The van der Waals surface area contributed by atoms with Crippen molar-refractivity contribution in [3.8, 4) is 0 Å². The van der Waals surface area contributed by atoms with Crippen molar-refractivity contribution in [2.75, 3.05) is 0 Å². The zero-order valence-corrected chi connectivity index (χ0v) is 4.73. The molecular formula is C4H7Pd+. The minimum Gasteiger partial charge on any atom is -0.245 e. The first kappa shape index (κ1) is 8.99. The summed E-state index contributed by atoms with van der Waals surface area (Å²) in [6, 6.07) is 0. The summed E-state index contributed by atoms with van der Waals surface area (Å²) in [5.41, 5.74) is 0. The van der Waals surface area contributed by atoms with Gasteiger partial charge in [-0.25, -0.2) is 19.1 Å². The Kier molecular flexibility index (Phi) is 15.9. The molecule has 32 valence electrons. The Morgan fingerprint density at radius 2 is 1.80 bits per heavy atom.